The van der Waals surface area contributed by atoms with E-state index < -0.39 is 4.92 Å². The molecular formula is C26H31N9O2. The average molecular weight is 502 g/mol. The van der Waals surface area contributed by atoms with Gasteiger partial charge in [0.15, 0.2) is 0 Å². The lowest BCUT2D eigenvalue weighted by molar-refractivity contribution is -0.384. The van der Waals surface area contributed by atoms with Gasteiger partial charge in [0.25, 0.3) is 5.69 Å². The molecule has 0 aliphatic heterocycles. The van der Waals surface area contributed by atoms with Crippen LogP contribution in [0.4, 0.5) is 23.0 Å². The summed E-state index contributed by atoms with van der Waals surface area (Å²) in [5.41, 5.74) is 3.96. The van der Waals surface area contributed by atoms with Crippen molar-refractivity contribution in [1.29, 1.82) is 5.26 Å². The molecule has 0 aliphatic rings. The van der Waals surface area contributed by atoms with E-state index in [9.17, 15) is 15.4 Å². The molecule has 0 bridgehead atoms. The average Bonchev–Trinajstić information content (AvgIpc) is 3.19. The second-order valence-corrected chi connectivity index (χ2v) is 8.82. The monoisotopic (exact) mass is 501 g/mol. The van der Waals surface area contributed by atoms with E-state index in [0.717, 1.165) is 23.0 Å². The van der Waals surface area contributed by atoms with E-state index in [2.05, 4.69) is 26.5 Å². The van der Waals surface area contributed by atoms with Crippen LogP contribution in [0, 0.1) is 28.4 Å². The summed E-state index contributed by atoms with van der Waals surface area (Å²) in [7, 11) is 7.59. The van der Waals surface area contributed by atoms with Gasteiger partial charge in [-0.15, -0.1) is 0 Å². The van der Waals surface area contributed by atoms with Crippen LogP contribution < -0.4 is 10.2 Å². The van der Waals surface area contributed by atoms with Crippen molar-refractivity contribution in [2.24, 2.45) is 7.05 Å². The zero-order valence-electron chi connectivity index (χ0n) is 20.8. The number of aromatic nitrogens is 4. The molecule has 0 radical (unpaired) electrons. The Morgan fingerprint density at radius 1 is 1.16 bits per heavy atom. The van der Waals surface area contributed by atoms with Crippen LogP contribution in [0.1, 0.15) is 18.6 Å². The van der Waals surface area contributed by atoms with E-state index in [-0.39, 0.29) is 24.6 Å². The number of aryl methyl sites for hydroxylation is 2. The van der Waals surface area contributed by atoms with E-state index in [1.165, 1.54) is 12.3 Å². The molecule has 2 aromatic heterocycles. The number of hydrogen-bond acceptors (Lipinski definition) is 9. The van der Waals surface area contributed by atoms with Gasteiger partial charge in [-0.1, -0.05) is 25.6 Å². The number of nitriles is 1. The SMILES string of the molecule is C.Cc1cc(N(C)CCN(C)C)c([N+](=O)[O-])cc1Nc1ncc(C#N)c(-c2nn(C)c3ccccc23)n1. The minimum atomic E-state index is -0.392. The van der Waals surface area contributed by atoms with Gasteiger partial charge in [0.2, 0.25) is 5.95 Å². The maximum atomic E-state index is 11.9. The predicted octanol–water partition coefficient (Wildman–Crippen LogP) is 4.50. The zero-order valence-corrected chi connectivity index (χ0v) is 20.8. The molecule has 0 spiro atoms. The van der Waals surface area contributed by atoms with Crippen LogP contribution in [0.5, 0.6) is 0 Å². The molecule has 0 unspecified atom stereocenters. The molecule has 4 rings (SSSR count). The summed E-state index contributed by atoms with van der Waals surface area (Å²) in [6, 6.07) is 13.1. The van der Waals surface area contributed by atoms with Crippen LogP contribution in [0.2, 0.25) is 0 Å². The third kappa shape index (κ3) is 5.49. The summed E-state index contributed by atoms with van der Waals surface area (Å²) in [6.07, 6.45) is 1.43. The number of likely N-dealkylation sites (N-methyl/N-ethyl adjacent to an activating group) is 2. The van der Waals surface area contributed by atoms with Crippen molar-refractivity contribution < 1.29 is 4.92 Å². The summed E-state index contributed by atoms with van der Waals surface area (Å²) in [5.74, 6) is 0.213. The van der Waals surface area contributed by atoms with Crippen molar-refractivity contribution in [3.63, 3.8) is 0 Å². The quantitative estimate of drug-likeness (QED) is 0.274. The molecule has 0 amide bonds. The predicted molar refractivity (Wildman–Crippen MR) is 146 cm³/mol. The first kappa shape index (κ1) is 27.0. The minimum Gasteiger partial charge on any atom is -0.368 e. The second kappa shape index (κ2) is 11.0. The van der Waals surface area contributed by atoms with Crippen molar-refractivity contribution in [3.05, 3.63) is 63.8 Å². The number of rotatable bonds is 8. The van der Waals surface area contributed by atoms with E-state index in [1.54, 1.807) is 10.7 Å². The highest BCUT2D eigenvalue weighted by molar-refractivity contribution is 5.93. The largest absolute Gasteiger partial charge is 0.368 e. The Balaban J connectivity index is 0.00000380. The van der Waals surface area contributed by atoms with Gasteiger partial charge in [0, 0.05) is 38.6 Å². The lowest BCUT2D eigenvalue weighted by Gasteiger charge is -2.22. The Hall–Kier alpha value is -4.56. The third-order valence-electron chi connectivity index (χ3n) is 5.95. The number of benzene rings is 2. The number of para-hydroxylation sites is 1. The Morgan fingerprint density at radius 3 is 2.57 bits per heavy atom. The summed E-state index contributed by atoms with van der Waals surface area (Å²) >= 11 is 0. The van der Waals surface area contributed by atoms with Gasteiger partial charge in [0.1, 0.15) is 23.1 Å². The van der Waals surface area contributed by atoms with Crippen molar-refractivity contribution in [1.82, 2.24) is 24.6 Å². The minimum absolute atomic E-state index is 0. The fourth-order valence-electron chi connectivity index (χ4n) is 3.95. The number of fused-ring (bicyclic) bond motifs is 1. The molecule has 1 N–H and O–H groups in total. The highest BCUT2D eigenvalue weighted by Crippen LogP contribution is 2.35. The number of nitrogens with one attached hydrogen (secondary N) is 1. The summed E-state index contributed by atoms with van der Waals surface area (Å²) in [4.78, 5) is 24.3. The van der Waals surface area contributed by atoms with Gasteiger partial charge in [-0.3, -0.25) is 14.8 Å². The lowest BCUT2D eigenvalue weighted by atomic mass is 10.1. The molecular weight excluding hydrogens is 470 g/mol. The number of anilines is 3. The number of nitro groups is 1. The van der Waals surface area contributed by atoms with E-state index in [4.69, 9.17) is 0 Å². The Kier molecular flexibility index (Phi) is 8.04. The van der Waals surface area contributed by atoms with Gasteiger partial charge < -0.3 is 15.1 Å². The summed E-state index contributed by atoms with van der Waals surface area (Å²) in [6.45, 7) is 3.27. The Labute approximate surface area is 216 Å². The maximum absolute atomic E-state index is 11.9. The molecule has 37 heavy (non-hydrogen) atoms. The first-order chi connectivity index (χ1) is 17.2. The van der Waals surface area contributed by atoms with Crippen LogP contribution in [-0.2, 0) is 7.05 Å². The first-order valence-electron chi connectivity index (χ1n) is 11.3. The van der Waals surface area contributed by atoms with E-state index in [0.29, 0.717) is 29.3 Å². The van der Waals surface area contributed by atoms with Crippen LogP contribution in [0.3, 0.4) is 0 Å². The van der Waals surface area contributed by atoms with Crippen LogP contribution in [0.25, 0.3) is 22.3 Å². The summed E-state index contributed by atoms with van der Waals surface area (Å²) < 4.78 is 1.74. The molecule has 0 atom stereocenters. The van der Waals surface area contributed by atoms with Crippen molar-refractivity contribution >= 4 is 33.9 Å². The van der Waals surface area contributed by atoms with E-state index in [1.807, 2.05) is 69.2 Å². The van der Waals surface area contributed by atoms with Gasteiger partial charge in [0.05, 0.1) is 27.9 Å². The number of hydrogen-bond donors (Lipinski definition) is 1. The van der Waals surface area contributed by atoms with Crippen LogP contribution in [-0.4, -0.2) is 63.8 Å². The Bertz CT molecular complexity index is 1490. The molecule has 0 saturated heterocycles. The topological polar surface area (TPSA) is 129 Å². The molecule has 192 valence electrons. The normalized spacial score (nSPS) is 10.7. The number of nitro benzene ring substituents is 1. The molecule has 2 aromatic carbocycles. The molecule has 11 heteroatoms. The van der Waals surface area contributed by atoms with Gasteiger partial charge in [-0.25, -0.2) is 9.97 Å². The van der Waals surface area contributed by atoms with Crippen LogP contribution >= 0.6 is 0 Å². The molecule has 0 saturated carbocycles. The maximum Gasteiger partial charge on any atom is 0.294 e. The number of nitrogens with zero attached hydrogens (tertiary/aromatic N) is 8. The standard InChI is InChI=1S/C25H27N9O2.CH4/c1-16-12-21(32(4)11-10-31(2)3)22(34(35)36)13-19(16)28-25-27-15-17(14-26)23(29-25)24-18-8-6-7-9-20(18)33(5)30-24;/h6-9,12-13,15H,10-11H2,1-5H3,(H,27,28,29);1H4. The van der Waals surface area contributed by atoms with Crippen molar-refractivity contribution in [2.75, 3.05) is 44.4 Å². The molecule has 0 aliphatic carbocycles. The highest BCUT2D eigenvalue weighted by Gasteiger charge is 2.22. The Morgan fingerprint density at radius 2 is 1.89 bits per heavy atom. The van der Waals surface area contributed by atoms with Gasteiger partial charge in [-0.2, -0.15) is 10.4 Å². The third-order valence-corrected chi connectivity index (χ3v) is 5.95. The van der Waals surface area contributed by atoms with Crippen molar-refractivity contribution in [3.8, 4) is 17.5 Å². The molecule has 11 nitrogen and oxygen atoms in total. The highest BCUT2D eigenvalue weighted by atomic mass is 16.6. The molecule has 0 fully saturated rings. The van der Waals surface area contributed by atoms with Gasteiger partial charge in [-0.05, 0) is 38.7 Å². The zero-order chi connectivity index (χ0) is 26.0. The van der Waals surface area contributed by atoms with E-state index >= 15 is 0 Å². The first-order valence-corrected chi connectivity index (χ1v) is 11.3. The summed E-state index contributed by atoms with van der Waals surface area (Å²) in [5, 5.41) is 30.1. The smallest absolute Gasteiger partial charge is 0.294 e. The molecule has 2 heterocycles. The fourth-order valence-corrected chi connectivity index (χ4v) is 3.95. The van der Waals surface area contributed by atoms with Gasteiger partial charge >= 0.3 is 0 Å². The van der Waals surface area contributed by atoms with Crippen LogP contribution in [0.15, 0.2) is 42.6 Å². The second-order valence-electron chi connectivity index (χ2n) is 8.82. The molecule has 4 aromatic rings. The van der Waals surface area contributed by atoms with Crippen molar-refractivity contribution in [2.45, 2.75) is 14.4 Å². The lowest BCUT2D eigenvalue weighted by Crippen LogP contribution is -2.29. The fraction of sp³-hybridized carbons (Fsp3) is 0.308.